The minimum Gasteiger partial charge on any atom is -0.370 e. The Bertz CT molecular complexity index is 1290. The summed E-state index contributed by atoms with van der Waals surface area (Å²) in [6.45, 7) is 0.0905. The van der Waals surface area contributed by atoms with Crippen molar-refractivity contribution in [3.05, 3.63) is 72.6 Å². The Hall–Kier alpha value is -3.37. The van der Waals surface area contributed by atoms with E-state index in [0.29, 0.717) is 10.7 Å². The number of primary amides is 1. The molecule has 0 saturated heterocycles. The van der Waals surface area contributed by atoms with Gasteiger partial charge in [-0.3, -0.25) is 9.59 Å². The van der Waals surface area contributed by atoms with Gasteiger partial charge in [-0.2, -0.15) is 0 Å². The highest BCUT2D eigenvalue weighted by molar-refractivity contribution is 8.00. The molecule has 2 amide bonds. The minimum atomic E-state index is -0.535. The zero-order valence-corrected chi connectivity index (χ0v) is 18.8. The summed E-state index contributed by atoms with van der Waals surface area (Å²) in [4.78, 5) is 35.2. The smallest absolute Gasteiger partial charge is 0.237 e. The molecule has 2 aromatic heterocycles. The highest BCUT2D eigenvalue weighted by Gasteiger charge is 2.19. The largest absolute Gasteiger partial charge is 0.370 e. The molecule has 0 fully saturated rings. The van der Waals surface area contributed by atoms with Crippen LogP contribution in [0.2, 0.25) is 0 Å². The van der Waals surface area contributed by atoms with Crippen LogP contribution in [0.5, 0.6) is 0 Å². The fourth-order valence-corrected chi connectivity index (χ4v) is 5.22. The molecule has 2 N–H and O–H groups in total. The Balaban J connectivity index is 1.54. The molecule has 10 heteroatoms. The van der Waals surface area contributed by atoms with Crippen molar-refractivity contribution in [2.75, 3.05) is 17.2 Å². The van der Waals surface area contributed by atoms with E-state index >= 15 is 0 Å². The number of nitrogens with zero attached hydrogens (tertiary/aromatic N) is 3. The Labute approximate surface area is 196 Å². The predicted molar refractivity (Wildman–Crippen MR) is 126 cm³/mol. The van der Waals surface area contributed by atoms with Crippen molar-refractivity contribution >= 4 is 50.8 Å². The van der Waals surface area contributed by atoms with Crippen LogP contribution in [0.4, 0.5) is 14.5 Å². The van der Waals surface area contributed by atoms with Crippen molar-refractivity contribution in [1.82, 2.24) is 9.97 Å². The second-order valence-corrected chi connectivity index (χ2v) is 9.05. The SMILES string of the molecule is NC(=O)CCN(C(=O)CSc1ncnc2cc(-c3ccc(F)cc3)sc12)c1ccc(F)cc1. The number of fused-ring (bicyclic) bond motifs is 1. The van der Waals surface area contributed by atoms with Gasteiger partial charge in [-0.15, -0.1) is 11.3 Å². The minimum absolute atomic E-state index is 0.0164. The van der Waals surface area contributed by atoms with Crippen LogP contribution in [-0.2, 0) is 9.59 Å². The first-order chi connectivity index (χ1) is 15.9. The van der Waals surface area contributed by atoms with Crippen LogP contribution in [0.1, 0.15) is 6.42 Å². The molecule has 4 aromatic rings. The number of hydrogen-bond donors (Lipinski definition) is 1. The molecule has 0 unspecified atom stereocenters. The molecule has 2 heterocycles. The molecule has 4 rings (SSSR count). The van der Waals surface area contributed by atoms with Gasteiger partial charge in [0.25, 0.3) is 0 Å². The molecule has 0 aliphatic carbocycles. The molecular weight excluding hydrogens is 466 g/mol. The lowest BCUT2D eigenvalue weighted by molar-refractivity contribution is -0.118. The van der Waals surface area contributed by atoms with Crippen molar-refractivity contribution in [1.29, 1.82) is 0 Å². The van der Waals surface area contributed by atoms with Gasteiger partial charge in [-0.1, -0.05) is 23.9 Å². The summed E-state index contributed by atoms with van der Waals surface area (Å²) in [6.07, 6.45) is 1.42. The maximum atomic E-state index is 13.3. The Kier molecular flexibility index (Phi) is 6.95. The second-order valence-electron chi connectivity index (χ2n) is 7.04. The third-order valence-electron chi connectivity index (χ3n) is 4.76. The first-order valence-corrected chi connectivity index (χ1v) is 11.7. The summed E-state index contributed by atoms with van der Waals surface area (Å²) in [7, 11) is 0. The molecule has 0 radical (unpaired) electrons. The van der Waals surface area contributed by atoms with E-state index in [2.05, 4.69) is 9.97 Å². The number of hydrogen-bond acceptors (Lipinski definition) is 6. The number of amides is 2. The van der Waals surface area contributed by atoms with E-state index in [1.54, 1.807) is 12.1 Å². The maximum absolute atomic E-state index is 13.3. The average Bonchev–Trinajstić information content (AvgIpc) is 3.24. The summed E-state index contributed by atoms with van der Waals surface area (Å²) < 4.78 is 27.4. The molecule has 2 aromatic carbocycles. The number of aromatic nitrogens is 2. The van der Waals surface area contributed by atoms with Gasteiger partial charge < -0.3 is 10.6 Å². The molecular formula is C23H18F2N4O2S2. The lowest BCUT2D eigenvalue weighted by Gasteiger charge is -2.22. The number of thioether (sulfide) groups is 1. The van der Waals surface area contributed by atoms with E-state index in [4.69, 9.17) is 5.73 Å². The van der Waals surface area contributed by atoms with E-state index < -0.39 is 11.7 Å². The van der Waals surface area contributed by atoms with Gasteiger partial charge in [0.05, 0.1) is 16.0 Å². The third-order valence-corrected chi connectivity index (χ3v) is 7.04. The van der Waals surface area contributed by atoms with Gasteiger partial charge in [-0.05, 0) is 48.0 Å². The number of rotatable bonds is 8. The van der Waals surface area contributed by atoms with Crippen molar-refractivity contribution in [2.24, 2.45) is 5.73 Å². The lowest BCUT2D eigenvalue weighted by atomic mass is 10.2. The zero-order valence-electron chi connectivity index (χ0n) is 17.2. The monoisotopic (exact) mass is 484 g/mol. The molecule has 0 aliphatic heterocycles. The molecule has 6 nitrogen and oxygen atoms in total. The summed E-state index contributed by atoms with van der Waals surface area (Å²) in [5.74, 6) is -1.49. The molecule has 0 saturated carbocycles. The normalized spacial score (nSPS) is 11.0. The van der Waals surface area contributed by atoms with E-state index in [1.807, 2.05) is 6.07 Å². The second kappa shape index (κ2) is 10.1. The summed E-state index contributed by atoms with van der Waals surface area (Å²) >= 11 is 2.71. The van der Waals surface area contributed by atoms with Gasteiger partial charge in [-0.25, -0.2) is 18.7 Å². The topological polar surface area (TPSA) is 89.2 Å². The van der Waals surface area contributed by atoms with Crippen molar-refractivity contribution in [3.8, 4) is 10.4 Å². The van der Waals surface area contributed by atoms with Crippen LogP contribution >= 0.6 is 23.1 Å². The van der Waals surface area contributed by atoms with Crippen LogP contribution in [0.25, 0.3) is 20.7 Å². The lowest BCUT2D eigenvalue weighted by Crippen LogP contribution is -2.35. The number of nitrogens with two attached hydrogens (primary N) is 1. The van der Waals surface area contributed by atoms with Crippen LogP contribution in [0.3, 0.4) is 0 Å². The standard InChI is InChI=1S/C23H18F2N4O2S2/c24-15-3-1-14(2-4-15)19-11-18-22(33-19)23(28-13-27-18)32-12-21(31)29(10-9-20(26)30)17-7-5-16(25)6-8-17/h1-8,11,13H,9-10,12H2,(H2,26,30). The molecule has 0 atom stereocenters. The van der Waals surface area contributed by atoms with Crippen molar-refractivity contribution in [3.63, 3.8) is 0 Å². The summed E-state index contributed by atoms with van der Waals surface area (Å²) in [5.41, 5.74) is 7.32. The number of anilines is 1. The quantitative estimate of drug-likeness (QED) is 0.291. The first-order valence-electron chi connectivity index (χ1n) is 9.88. The maximum Gasteiger partial charge on any atom is 0.237 e. The van der Waals surface area contributed by atoms with E-state index in [-0.39, 0.29) is 30.4 Å². The van der Waals surface area contributed by atoms with Crippen molar-refractivity contribution < 1.29 is 18.4 Å². The predicted octanol–water partition coefficient (Wildman–Crippen LogP) is 4.64. The van der Waals surface area contributed by atoms with Crippen molar-refractivity contribution in [2.45, 2.75) is 11.4 Å². The van der Waals surface area contributed by atoms with Crippen LogP contribution in [0, 0.1) is 11.6 Å². The summed E-state index contributed by atoms with van der Waals surface area (Å²) in [5, 5.41) is 0.640. The van der Waals surface area contributed by atoms with E-state index in [1.165, 1.54) is 70.7 Å². The zero-order chi connectivity index (χ0) is 23.4. The highest BCUT2D eigenvalue weighted by Crippen LogP contribution is 2.37. The Morgan fingerprint density at radius 3 is 2.33 bits per heavy atom. The van der Waals surface area contributed by atoms with Gasteiger partial charge >= 0.3 is 0 Å². The molecule has 0 spiro atoms. The average molecular weight is 485 g/mol. The number of carbonyl (C=O) groups is 2. The number of carbonyl (C=O) groups excluding carboxylic acids is 2. The Morgan fingerprint density at radius 1 is 1.00 bits per heavy atom. The number of halogens is 2. The molecule has 0 bridgehead atoms. The molecule has 168 valence electrons. The fraction of sp³-hybridized carbons (Fsp3) is 0.130. The van der Waals surface area contributed by atoms with E-state index in [0.717, 1.165) is 20.7 Å². The number of benzene rings is 2. The molecule has 33 heavy (non-hydrogen) atoms. The van der Waals surface area contributed by atoms with Gasteiger partial charge in [0.2, 0.25) is 11.8 Å². The van der Waals surface area contributed by atoms with Crippen LogP contribution < -0.4 is 10.6 Å². The van der Waals surface area contributed by atoms with Gasteiger partial charge in [0.15, 0.2) is 0 Å². The highest BCUT2D eigenvalue weighted by atomic mass is 32.2. The Morgan fingerprint density at radius 2 is 1.67 bits per heavy atom. The van der Waals surface area contributed by atoms with Gasteiger partial charge in [0.1, 0.15) is 23.0 Å². The van der Waals surface area contributed by atoms with Gasteiger partial charge in [0, 0.05) is 23.5 Å². The fourth-order valence-electron chi connectivity index (χ4n) is 3.14. The summed E-state index contributed by atoms with van der Waals surface area (Å²) in [6, 6.07) is 13.6. The van der Waals surface area contributed by atoms with E-state index in [9.17, 15) is 18.4 Å². The molecule has 0 aliphatic rings. The van der Waals surface area contributed by atoms with Crippen LogP contribution in [0.15, 0.2) is 66.0 Å². The van der Waals surface area contributed by atoms with Crippen LogP contribution in [-0.4, -0.2) is 34.1 Å². The third kappa shape index (κ3) is 5.52. The number of thiophene rings is 1. The first kappa shape index (κ1) is 22.8.